The van der Waals surface area contributed by atoms with E-state index in [1.165, 1.54) is 11.8 Å². The van der Waals surface area contributed by atoms with Gasteiger partial charge < -0.3 is 14.6 Å². The van der Waals surface area contributed by atoms with Crippen LogP contribution in [0.25, 0.3) is 11.4 Å². The highest BCUT2D eigenvalue weighted by Gasteiger charge is 2.22. The Hall–Kier alpha value is -2.80. The molecule has 0 saturated heterocycles. The first kappa shape index (κ1) is 20.9. The molecule has 3 rings (SSSR count). The summed E-state index contributed by atoms with van der Waals surface area (Å²) in [5, 5.41) is 12.2. The van der Waals surface area contributed by atoms with Crippen LogP contribution in [-0.4, -0.2) is 33.0 Å². The van der Waals surface area contributed by atoms with E-state index in [1.54, 1.807) is 7.11 Å². The number of amides is 1. The summed E-state index contributed by atoms with van der Waals surface area (Å²) in [6.45, 7) is 8.59. The standard InChI is InChI=1S/C22H26N4O2S/c1-6-26-20(17-12-7-8-13-18(17)28-5)24-25-22(26)29-16(4)21(27)23-19-14(2)10-9-11-15(19)3/h7-13,16H,6H2,1-5H3,(H,23,27). The molecular weight excluding hydrogens is 384 g/mol. The number of rotatable bonds is 7. The van der Waals surface area contributed by atoms with Gasteiger partial charge in [0.25, 0.3) is 0 Å². The zero-order chi connectivity index (χ0) is 21.0. The molecule has 1 aromatic heterocycles. The predicted molar refractivity (Wildman–Crippen MR) is 118 cm³/mol. The van der Waals surface area contributed by atoms with Crippen molar-refractivity contribution in [1.82, 2.24) is 14.8 Å². The van der Waals surface area contributed by atoms with Gasteiger partial charge in [0, 0.05) is 12.2 Å². The van der Waals surface area contributed by atoms with E-state index in [0.717, 1.165) is 34.0 Å². The van der Waals surface area contributed by atoms with Crippen molar-refractivity contribution in [2.24, 2.45) is 0 Å². The van der Waals surface area contributed by atoms with Gasteiger partial charge in [0.1, 0.15) is 5.75 Å². The second kappa shape index (κ2) is 9.13. The Morgan fingerprint density at radius 2 is 1.83 bits per heavy atom. The van der Waals surface area contributed by atoms with Crippen molar-refractivity contribution in [3.05, 3.63) is 53.6 Å². The van der Waals surface area contributed by atoms with E-state index in [4.69, 9.17) is 4.74 Å². The third-order valence-corrected chi connectivity index (χ3v) is 5.84. The van der Waals surface area contributed by atoms with Crippen LogP contribution < -0.4 is 10.1 Å². The number of ether oxygens (including phenoxy) is 1. The van der Waals surface area contributed by atoms with Crippen LogP contribution in [0.4, 0.5) is 5.69 Å². The second-order valence-electron chi connectivity index (χ2n) is 6.77. The molecule has 0 radical (unpaired) electrons. The summed E-state index contributed by atoms with van der Waals surface area (Å²) in [4.78, 5) is 12.8. The maximum atomic E-state index is 12.8. The highest BCUT2D eigenvalue weighted by molar-refractivity contribution is 8.00. The number of aryl methyl sites for hydroxylation is 2. The van der Waals surface area contributed by atoms with Gasteiger partial charge in [0.2, 0.25) is 5.91 Å². The van der Waals surface area contributed by atoms with Crippen molar-refractivity contribution in [2.75, 3.05) is 12.4 Å². The smallest absolute Gasteiger partial charge is 0.237 e. The van der Waals surface area contributed by atoms with Gasteiger partial charge in [-0.1, -0.05) is 42.1 Å². The van der Waals surface area contributed by atoms with Crippen LogP contribution in [0.1, 0.15) is 25.0 Å². The lowest BCUT2D eigenvalue weighted by molar-refractivity contribution is -0.115. The maximum absolute atomic E-state index is 12.8. The molecule has 0 aliphatic carbocycles. The lowest BCUT2D eigenvalue weighted by Crippen LogP contribution is -2.23. The van der Waals surface area contributed by atoms with Crippen LogP contribution in [-0.2, 0) is 11.3 Å². The third-order valence-electron chi connectivity index (χ3n) is 4.76. The van der Waals surface area contributed by atoms with E-state index < -0.39 is 0 Å². The molecule has 152 valence electrons. The number of hydrogen-bond donors (Lipinski definition) is 1. The zero-order valence-corrected chi connectivity index (χ0v) is 18.2. The maximum Gasteiger partial charge on any atom is 0.237 e. The van der Waals surface area contributed by atoms with Crippen molar-refractivity contribution < 1.29 is 9.53 Å². The highest BCUT2D eigenvalue weighted by Crippen LogP contribution is 2.32. The molecule has 0 aliphatic heterocycles. The number of carbonyl (C=O) groups excluding carboxylic acids is 1. The summed E-state index contributed by atoms with van der Waals surface area (Å²) in [7, 11) is 1.64. The second-order valence-corrected chi connectivity index (χ2v) is 8.07. The Bertz CT molecular complexity index is 996. The molecule has 0 saturated carbocycles. The highest BCUT2D eigenvalue weighted by atomic mass is 32.2. The Balaban J connectivity index is 1.81. The molecule has 0 fully saturated rings. The van der Waals surface area contributed by atoms with Crippen LogP contribution >= 0.6 is 11.8 Å². The van der Waals surface area contributed by atoms with E-state index in [-0.39, 0.29) is 11.2 Å². The number of thioether (sulfide) groups is 1. The van der Waals surface area contributed by atoms with Gasteiger partial charge in [-0.3, -0.25) is 4.79 Å². The summed E-state index contributed by atoms with van der Waals surface area (Å²) in [6, 6.07) is 13.7. The van der Waals surface area contributed by atoms with Gasteiger partial charge in [-0.25, -0.2) is 0 Å². The fraction of sp³-hybridized carbons (Fsp3) is 0.318. The topological polar surface area (TPSA) is 69.0 Å². The van der Waals surface area contributed by atoms with E-state index in [2.05, 4.69) is 15.5 Å². The largest absolute Gasteiger partial charge is 0.496 e. The average molecular weight is 411 g/mol. The number of anilines is 1. The molecule has 1 heterocycles. The Morgan fingerprint density at radius 3 is 2.48 bits per heavy atom. The zero-order valence-electron chi connectivity index (χ0n) is 17.4. The van der Waals surface area contributed by atoms with Crippen molar-refractivity contribution in [1.29, 1.82) is 0 Å². The predicted octanol–water partition coefficient (Wildman–Crippen LogP) is 4.71. The summed E-state index contributed by atoms with van der Waals surface area (Å²) in [5.41, 5.74) is 3.84. The Morgan fingerprint density at radius 1 is 1.14 bits per heavy atom. The van der Waals surface area contributed by atoms with Gasteiger partial charge in [-0.2, -0.15) is 0 Å². The number of nitrogens with zero attached hydrogens (tertiary/aromatic N) is 3. The Labute approximate surface area is 175 Å². The first-order valence-electron chi connectivity index (χ1n) is 9.56. The van der Waals surface area contributed by atoms with Crippen molar-refractivity contribution in [3.63, 3.8) is 0 Å². The SMILES string of the molecule is CCn1c(SC(C)C(=O)Nc2c(C)cccc2C)nnc1-c1ccccc1OC. The summed E-state index contributed by atoms with van der Waals surface area (Å²) < 4.78 is 7.47. The molecule has 2 aromatic carbocycles. The molecule has 1 amide bonds. The molecule has 3 aromatic rings. The molecule has 0 bridgehead atoms. The molecule has 1 atom stereocenters. The average Bonchev–Trinajstić information content (AvgIpc) is 3.12. The van der Waals surface area contributed by atoms with E-state index in [1.807, 2.05) is 74.7 Å². The molecular formula is C22H26N4O2S. The summed E-state index contributed by atoms with van der Waals surface area (Å²) in [6.07, 6.45) is 0. The monoisotopic (exact) mass is 410 g/mol. The molecule has 0 spiro atoms. The molecule has 6 nitrogen and oxygen atoms in total. The lowest BCUT2D eigenvalue weighted by atomic mass is 10.1. The van der Waals surface area contributed by atoms with Gasteiger partial charge in [-0.15, -0.1) is 10.2 Å². The number of para-hydroxylation sites is 2. The van der Waals surface area contributed by atoms with Crippen LogP contribution in [0.15, 0.2) is 47.6 Å². The number of aromatic nitrogens is 3. The molecule has 7 heteroatoms. The van der Waals surface area contributed by atoms with Crippen molar-refractivity contribution in [3.8, 4) is 17.1 Å². The first-order chi connectivity index (χ1) is 14.0. The van der Waals surface area contributed by atoms with Crippen molar-refractivity contribution >= 4 is 23.4 Å². The first-order valence-corrected chi connectivity index (χ1v) is 10.4. The van der Waals surface area contributed by atoms with E-state index in [0.29, 0.717) is 11.7 Å². The van der Waals surface area contributed by atoms with Crippen molar-refractivity contribution in [2.45, 2.75) is 44.6 Å². The minimum absolute atomic E-state index is 0.0584. The number of carbonyl (C=O) groups is 1. The normalized spacial score (nSPS) is 11.9. The van der Waals surface area contributed by atoms with E-state index in [9.17, 15) is 4.79 Å². The summed E-state index contributed by atoms with van der Waals surface area (Å²) >= 11 is 1.40. The molecule has 1 N–H and O–H groups in total. The fourth-order valence-corrected chi connectivity index (χ4v) is 4.05. The van der Waals surface area contributed by atoms with Gasteiger partial charge >= 0.3 is 0 Å². The minimum Gasteiger partial charge on any atom is -0.496 e. The summed E-state index contributed by atoms with van der Waals surface area (Å²) in [5.74, 6) is 1.42. The van der Waals surface area contributed by atoms with Crippen LogP contribution in [0.5, 0.6) is 5.75 Å². The fourth-order valence-electron chi connectivity index (χ4n) is 3.14. The van der Waals surface area contributed by atoms with E-state index >= 15 is 0 Å². The number of benzene rings is 2. The van der Waals surface area contributed by atoms with Crippen LogP contribution in [0.3, 0.4) is 0 Å². The Kier molecular flexibility index (Phi) is 6.59. The molecule has 1 unspecified atom stereocenters. The van der Waals surface area contributed by atoms with Gasteiger partial charge in [0.05, 0.1) is 17.9 Å². The van der Waals surface area contributed by atoms with Gasteiger partial charge in [0.15, 0.2) is 11.0 Å². The molecule has 29 heavy (non-hydrogen) atoms. The minimum atomic E-state index is -0.325. The molecule has 0 aliphatic rings. The third kappa shape index (κ3) is 4.45. The van der Waals surface area contributed by atoms with Gasteiger partial charge in [-0.05, 0) is 51.0 Å². The number of nitrogens with one attached hydrogen (secondary N) is 1. The number of hydrogen-bond acceptors (Lipinski definition) is 5. The van der Waals surface area contributed by atoms with Crippen LogP contribution in [0.2, 0.25) is 0 Å². The quantitative estimate of drug-likeness (QED) is 0.571. The number of methoxy groups -OCH3 is 1. The van der Waals surface area contributed by atoms with Crippen LogP contribution in [0, 0.1) is 13.8 Å². The lowest BCUT2D eigenvalue weighted by Gasteiger charge is -2.16.